The van der Waals surface area contributed by atoms with Crippen LogP contribution in [0.1, 0.15) is 29.5 Å². The zero-order valence-corrected chi connectivity index (χ0v) is 17.6. The molecule has 2 atom stereocenters. The Hall–Kier alpha value is -2.46. The second kappa shape index (κ2) is 9.13. The van der Waals surface area contributed by atoms with Gasteiger partial charge in [0.25, 0.3) is 0 Å². The number of fused-ring (bicyclic) bond motifs is 2. The third kappa shape index (κ3) is 4.34. The first-order valence-corrected chi connectivity index (χ1v) is 11.2. The molecule has 2 fully saturated rings. The molecule has 3 heteroatoms. The van der Waals surface area contributed by atoms with E-state index in [0.29, 0.717) is 12.3 Å². The van der Waals surface area contributed by atoms with Crippen molar-refractivity contribution in [2.45, 2.75) is 44.8 Å². The fourth-order valence-corrected chi connectivity index (χ4v) is 5.19. The third-order valence-corrected chi connectivity index (χ3v) is 6.62. The third-order valence-electron chi connectivity index (χ3n) is 6.62. The Labute approximate surface area is 180 Å². The standard InChI is InChI=1S/C27H31N3/c1-4-10-23(11-5-1)20-28-18-16-27-29(21-24-12-6-2-7-13-24)19-17-26(28)30(27)22-25-14-8-3-9-15-25/h1-15,26-27H,16-22H2/t26-,27-/m1/s1. The van der Waals surface area contributed by atoms with Gasteiger partial charge in [-0.1, -0.05) is 91.0 Å². The van der Waals surface area contributed by atoms with Crippen LogP contribution in [0.15, 0.2) is 91.0 Å². The summed E-state index contributed by atoms with van der Waals surface area (Å²) in [7, 11) is 0. The summed E-state index contributed by atoms with van der Waals surface area (Å²) in [6, 6.07) is 32.9. The number of nitrogens with zero attached hydrogens (tertiary/aromatic N) is 3. The van der Waals surface area contributed by atoms with Crippen molar-refractivity contribution >= 4 is 0 Å². The molecule has 0 aliphatic carbocycles. The quantitative estimate of drug-likeness (QED) is 0.582. The minimum Gasteiger partial charge on any atom is -0.283 e. The highest BCUT2D eigenvalue weighted by atomic mass is 15.5. The van der Waals surface area contributed by atoms with Gasteiger partial charge in [0.15, 0.2) is 0 Å². The fraction of sp³-hybridized carbons (Fsp3) is 0.333. The van der Waals surface area contributed by atoms with Crippen LogP contribution in [-0.2, 0) is 19.6 Å². The van der Waals surface area contributed by atoms with Gasteiger partial charge in [-0.3, -0.25) is 14.7 Å². The predicted octanol–water partition coefficient (Wildman–Crippen LogP) is 4.95. The average Bonchev–Trinajstić information content (AvgIpc) is 2.79. The van der Waals surface area contributed by atoms with Crippen molar-refractivity contribution in [3.05, 3.63) is 108 Å². The molecule has 5 rings (SSSR count). The van der Waals surface area contributed by atoms with Crippen molar-refractivity contribution in [1.29, 1.82) is 0 Å². The number of hydrogen-bond acceptors (Lipinski definition) is 3. The van der Waals surface area contributed by atoms with Crippen LogP contribution >= 0.6 is 0 Å². The highest BCUT2D eigenvalue weighted by molar-refractivity contribution is 5.18. The molecule has 3 nitrogen and oxygen atoms in total. The van der Waals surface area contributed by atoms with Crippen molar-refractivity contribution < 1.29 is 0 Å². The minimum atomic E-state index is 0.510. The van der Waals surface area contributed by atoms with Gasteiger partial charge < -0.3 is 0 Å². The maximum absolute atomic E-state index is 2.76. The topological polar surface area (TPSA) is 9.72 Å². The molecule has 0 unspecified atom stereocenters. The summed E-state index contributed by atoms with van der Waals surface area (Å²) in [5, 5.41) is 0. The minimum absolute atomic E-state index is 0.510. The molecule has 0 spiro atoms. The predicted molar refractivity (Wildman–Crippen MR) is 122 cm³/mol. The molecular formula is C27H31N3. The van der Waals surface area contributed by atoms with Crippen LogP contribution < -0.4 is 0 Å². The Balaban J connectivity index is 1.37. The highest BCUT2D eigenvalue weighted by Gasteiger charge is 2.41. The van der Waals surface area contributed by atoms with Gasteiger partial charge in [-0.05, 0) is 29.5 Å². The first kappa shape index (κ1) is 19.5. The normalized spacial score (nSPS) is 22.8. The van der Waals surface area contributed by atoms with Gasteiger partial charge in [0.1, 0.15) is 0 Å². The van der Waals surface area contributed by atoms with E-state index in [-0.39, 0.29) is 0 Å². The van der Waals surface area contributed by atoms with E-state index in [0.717, 1.165) is 19.6 Å². The Morgan fingerprint density at radius 3 is 1.27 bits per heavy atom. The average molecular weight is 398 g/mol. The van der Waals surface area contributed by atoms with Crippen LogP contribution in [0.4, 0.5) is 0 Å². The summed E-state index contributed by atoms with van der Waals surface area (Å²) >= 11 is 0. The largest absolute Gasteiger partial charge is 0.283 e. The van der Waals surface area contributed by atoms with E-state index in [1.54, 1.807) is 0 Å². The molecule has 2 bridgehead atoms. The molecule has 0 saturated carbocycles. The van der Waals surface area contributed by atoms with Crippen molar-refractivity contribution in [1.82, 2.24) is 14.7 Å². The second-order valence-electron chi connectivity index (χ2n) is 8.61. The Kier molecular flexibility index (Phi) is 5.94. The van der Waals surface area contributed by atoms with Crippen LogP contribution in [0.5, 0.6) is 0 Å². The van der Waals surface area contributed by atoms with E-state index in [1.807, 2.05) is 0 Å². The van der Waals surface area contributed by atoms with E-state index in [4.69, 9.17) is 0 Å². The van der Waals surface area contributed by atoms with Gasteiger partial charge in [0.2, 0.25) is 0 Å². The van der Waals surface area contributed by atoms with Gasteiger partial charge in [-0.15, -0.1) is 0 Å². The molecular weight excluding hydrogens is 366 g/mol. The Morgan fingerprint density at radius 2 is 0.867 bits per heavy atom. The molecule has 0 N–H and O–H groups in total. The number of benzene rings is 3. The van der Waals surface area contributed by atoms with Gasteiger partial charge in [-0.2, -0.15) is 0 Å². The van der Waals surface area contributed by atoms with Crippen molar-refractivity contribution in [3.63, 3.8) is 0 Å². The van der Waals surface area contributed by atoms with Gasteiger partial charge in [-0.25, -0.2) is 0 Å². The maximum Gasteiger partial charge on any atom is 0.0654 e. The van der Waals surface area contributed by atoms with Crippen molar-refractivity contribution in [2.24, 2.45) is 0 Å². The van der Waals surface area contributed by atoms with Crippen LogP contribution in [0.2, 0.25) is 0 Å². The van der Waals surface area contributed by atoms with Gasteiger partial charge in [0, 0.05) is 32.7 Å². The fourth-order valence-electron chi connectivity index (χ4n) is 5.19. The number of rotatable bonds is 6. The van der Waals surface area contributed by atoms with Crippen LogP contribution in [-0.4, -0.2) is 40.1 Å². The van der Waals surface area contributed by atoms with Crippen LogP contribution in [0.3, 0.4) is 0 Å². The van der Waals surface area contributed by atoms with Crippen LogP contribution in [0, 0.1) is 0 Å². The molecule has 2 aliphatic rings. The monoisotopic (exact) mass is 397 g/mol. The van der Waals surface area contributed by atoms with Gasteiger partial charge >= 0.3 is 0 Å². The summed E-state index contributed by atoms with van der Waals surface area (Å²) in [5.41, 5.74) is 4.25. The van der Waals surface area contributed by atoms with Crippen molar-refractivity contribution in [2.75, 3.05) is 13.1 Å². The Morgan fingerprint density at radius 1 is 0.500 bits per heavy atom. The van der Waals surface area contributed by atoms with E-state index in [2.05, 4.69) is 106 Å². The van der Waals surface area contributed by atoms with E-state index < -0.39 is 0 Å². The summed E-state index contributed by atoms with van der Waals surface area (Å²) < 4.78 is 0. The molecule has 154 valence electrons. The van der Waals surface area contributed by atoms with E-state index >= 15 is 0 Å². The summed E-state index contributed by atoms with van der Waals surface area (Å²) in [6.45, 7) is 5.44. The van der Waals surface area contributed by atoms with E-state index in [1.165, 1.54) is 42.6 Å². The first-order valence-electron chi connectivity index (χ1n) is 11.2. The summed E-state index contributed by atoms with van der Waals surface area (Å²) in [6.07, 6.45) is 3.42. The maximum atomic E-state index is 2.76. The lowest BCUT2D eigenvalue weighted by Crippen LogP contribution is -2.66. The molecule has 2 heterocycles. The first-order chi connectivity index (χ1) is 14.9. The molecule has 2 aliphatic heterocycles. The van der Waals surface area contributed by atoms with Crippen LogP contribution in [0.25, 0.3) is 0 Å². The van der Waals surface area contributed by atoms with E-state index in [9.17, 15) is 0 Å². The SMILES string of the molecule is c1ccc(CN2CC[C@@H]3N(Cc4ccccc4)CC[C@H]2N3Cc2ccccc2)cc1. The second-order valence-corrected chi connectivity index (χ2v) is 8.61. The summed E-state index contributed by atoms with van der Waals surface area (Å²) in [5.74, 6) is 0. The molecule has 30 heavy (non-hydrogen) atoms. The molecule has 0 radical (unpaired) electrons. The molecule has 0 aromatic heterocycles. The highest BCUT2D eigenvalue weighted by Crippen LogP contribution is 2.33. The molecule has 2 saturated heterocycles. The zero-order chi connectivity index (χ0) is 20.2. The Bertz CT molecular complexity index is 855. The molecule has 3 aromatic rings. The zero-order valence-electron chi connectivity index (χ0n) is 17.6. The molecule has 3 aromatic carbocycles. The van der Waals surface area contributed by atoms with Gasteiger partial charge in [0.05, 0.1) is 12.3 Å². The smallest absolute Gasteiger partial charge is 0.0654 e. The molecule has 0 amide bonds. The van der Waals surface area contributed by atoms with Crippen molar-refractivity contribution in [3.8, 4) is 0 Å². The lowest BCUT2D eigenvalue weighted by atomic mass is 10.00. The lowest BCUT2D eigenvalue weighted by molar-refractivity contribution is -0.140. The lowest BCUT2D eigenvalue weighted by Gasteiger charge is -2.56. The number of hydrogen-bond donors (Lipinski definition) is 0. The summed E-state index contributed by atoms with van der Waals surface area (Å²) in [4.78, 5) is 8.16.